The van der Waals surface area contributed by atoms with E-state index in [1.807, 2.05) is 0 Å². The van der Waals surface area contributed by atoms with E-state index in [2.05, 4.69) is 17.6 Å². The Balaban J connectivity index is 1.91. The lowest BCUT2D eigenvalue weighted by Gasteiger charge is -2.11. The molecule has 160 valence electrons. The Bertz CT molecular complexity index is 887. The summed E-state index contributed by atoms with van der Waals surface area (Å²) in [7, 11) is 1.42. The maximum Gasteiger partial charge on any atom is 0.296 e. The number of nitro benzene ring substituents is 1. The van der Waals surface area contributed by atoms with E-state index >= 15 is 0 Å². The molecular formula is C21H25N3O5S. The monoisotopic (exact) mass is 431 g/mol. The number of nitrogens with zero attached hydrogens (tertiary/aromatic N) is 1. The molecule has 2 N–H and O–H groups in total. The molecule has 0 aliphatic rings. The highest BCUT2D eigenvalue weighted by atomic mass is 32.1. The highest BCUT2D eigenvalue weighted by Crippen LogP contribution is 2.28. The lowest BCUT2D eigenvalue weighted by atomic mass is 10.2. The van der Waals surface area contributed by atoms with Crippen LogP contribution in [0.3, 0.4) is 0 Å². The van der Waals surface area contributed by atoms with E-state index in [1.165, 1.54) is 32.1 Å². The smallest absolute Gasteiger partial charge is 0.296 e. The normalized spacial score (nSPS) is 10.2. The Hall–Kier alpha value is -3.20. The molecule has 0 aromatic heterocycles. The largest absolute Gasteiger partial charge is 0.496 e. The SMILES string of the molecule is CCCCCCOc1ccc(C(=O)NC(=S)Nc2ccc(OC)cc2[N+](=O)[O-])cc1. The second-order valence-corrected chi connectivity index (χ2v) is 6.89. The van der Waals surface area contributed by atoms with Gasteiger partial charge in [0.15, 0.2) is 5.11 Å². The van der Waals surface area contributed by atoms with E-state index < -0.39 is 10.8 Å². The van der Waals surface area contributed by atoms with E-state index in [-0.39, 0.29) is 16.5 Å². The standard InChI is InChI=1S/C21H25N3O5S/c1-3-4-5-6-13-29-16-9-7-15(8-10-16)20(25)23-21(30)22-18-12-11-17(28-2)14-19(18)24(26)27/h7-12,14H,3-6,13H2,1-2H3,(H2,22,23,25,30). The highest BCUT2D eigenvalue weighted by Gasteiger charge is 2.17. The molecule has 2 rings (SSSR count). The second-order valence-electron chi connectivity index (χ2n) is 6.48. The zero-order valence-electron chi connectivity index (χ0n) is 17.0. The predicted octanol–water partition coefficient (Wildman–Crippen LogP) is 4.69. The fourth-order valence-corrected chi connectivity index (χ4v) is 2.85. The van der Waals surface area contributed by atoms with Crippen molar-refractivity contribution in [3.8, 4) is 11.5 Å². The summed E-state index contributed by atoms with van der Waals surface area (Å²) in [5.41, 5.74) is 0.325. The van der Waals surface area contributed by atoms with Crippen molar-refractivity contribution in [1.29, 1.82) is 0 Å². The molecular weight excluding hydrogens is 406 g/mol. The minimum absolute atomic E-state index is 0.0514. The maximum atomic E-state index is 12.4. The number of benzene rings is 2. The number of hydrogen-bond acceptors (Lipinski definition) is 6. The van der Waals surface area contributed by atoms with Crippen molar-refractivity contribution in [1.82, 2.24) is 5.32 Å². The van der Waals surface area contributed by atoms with E-state index in [4.69, 9.17) is 21.7 Å². The molecule has 0 aliphatic heterocycles. The van der Waals surface area contributed by atoms with Crippen LogP contribution in [0.5, 0.6) is 11.5 Å². The summed E-state index contributed by atoms with van der Waals surface area (Å²) in [4.78, 5) is 23.1. The van der Waals surface area contributed by atoms with Crippen molar-refractivity contribution < 1.29 is 19.2 Å². The molecule has 0 saturated carbocycles. The number of carbonyl (C=O) groups is 1. The lowest BCUT2D eigenvalue weighted by Crippen LogP contribution is -2.34. The van der Waals surface area contributed by atoms with Crippen LogP contribution in [0.2, 0.25) is 0 Å². The van der Waals surface area contributed by atoms with E-state index in [0.717, 1.165) is 12.8 Å². The molecule has 0 aliphatic carbocycles. The second kappa shape index (κ2) is 11.7. The zero-order chi connectivity index (χ0) is 21.9. The number of anilines is 1. The van der Waals surface area contributed by atoms with Crippen LogP contribution in [-0.4, -0.2) is 29.7 Å². The Morgan fingerprint density at radius 1 is 1.10 bits per heavy atom. The lowest BCUT2D eigenvalue weighted by molar-refractivity contribution is -0.384. The van der Waals surface area contributed by atoms with Crippen molar-refractivity contribution >= 4 is 34.6 Å². The summed E-state index contributed by atoms with van der Waals surface area (Å²) in [6.07, 6.45) is 4.49. The van der Waals surface area contributed by atoms with Gasteiger partial charge in [0, 0.05) is 5.56 Å². The quantitative estimate of drug-likeness (QED) is 0.243. The van der Waals surface area contributed by atoms with Crippen molar-refractivity contribution in [3.63, 3.8) is 0 Å². The molecule has 2 aromatic rings. The number of nitro groups is 1. The van der Waals surface area contributed by atoms with Gasteiger partial charge in [-0.2, -0.15) is 0 Å². The van der Waals surface area contributed by atoms with E-state index in [9.17, 15) is 14.9 Å². The van der Waals surface area contributed by atoms with Crippen LogP contribution >= 0.6 is 12.2 Å². The summed E-state index contributed by atoms with van der Waals surface area (Å²) in [6.45, 7) is 2.80. The van der Waals surface area contributed by atoms with Crippen molar-refractivity contribution in [2.24, 2.45) is 0 Å². The number of ether oxygens (including phenoxy) is 2. The first-order valence-corrected chi connectivity index (χ1v) is 10.0. The Morgan fingerprint density at radius 2 is 1.80 bits per heavy atom. The zero-order valence-corrected chi connectivity index (χ0v) is 17.8. The molecule has 30 heavy (non-hydrogen) atoms. The first-order chi connectivity index (χ1) is 14.4. The van der Waals surface area contributed by atoms with E-state index in [1.54, 1.807) is 30.3 Å². The summed E-state index contributed by atoms with van der Waals surface area (Å²) >= 11 is 5.12. The van der Waals surface area contributed by atoms with Gasteiger partial charge in [0.05, 0.1) is 24.7 Å². The molecule has 0 fully saturated rings. The van der Waals surface area contributed by atoms with Crippen molar-refractivity contribution in [3.05, 3.63) is 58.1 Å². The van der Waals surface area contributed by atoms with Gasteiger partial charge in [-0.15, -0.1) is 0 Å². The molecule has 2 aromatic carbocycles. The summed E-state index contributed by atoms with van der Waals surface area (Å²) < 4.78 is 10.7. The summed E-state index contributed by atoms with van der Waals surface area (Å²) in [6, 6.07) is 11.0. The number of unbranched alkanes of at least 4 members (excludes halogenated alkanes) is 3. The van der Waals surface area contributed by atoms with Gasteiger partial charge in [-0.05, 0) is 55.0 Å². The third-order valence-electron chi connectivity index (χ3n) is 4.26. The number of nitrogens with one attached hydrogen (secondary N) is 2. The molecule has 0 heterocycles. The Labute approximate surface area is 180 Å². The van der Waals surface area contributed by atoms with Gasteiger partial charge in [-0.1, -0.05) is 26.2 Å². The third-order valence-corrected chi connectivity index (χ3v) is 4.46. The van der Waals surface area contributed by atoms with Crippen molar-refractivity contribution in [2.75, 3.05) is 19.0 Å². The third kappa shape index (κ3) is 7.00. The fourth-order valence-electron chi connectivity index (χ4n) is 2.65. The number of methoxy groups -OCH3 is 1. The average Bonchev–Trinajstić information content (AvgIpc) is 2.74. The molecule has 9 heteroatoms. The van der Waals surface area contributed by atoms with Crippen LogP contribution < -0.4 is 20.1 Å². The Morgan fingerprint density at radius 3 is 2.43 bits per heavy atom. The molecule has 0 unspecified atom stereocenters. The van der Waals surface area contributed by atoms with Crippen LogP contribution in [0.4, 0.5) is 11.4 Å². The van der Waals surface area contributed by atoms with Gasteiger partial charge in [0.25, 0.3) is 11.6 Å². The van der Waals surface area contributed by atoms with Gasteiger partial charge in [0.2, 0.25) is 0 Å². The molecule has 1 amide bonds. The predicted molar refractivity (Wildman–Crippen MR) is 119 cm³/mol. The van der Waals surface area contributed by atoms with Gasteiger partial charge in [0.1, 0.15) is 17.2 Å². The van der Waals surface area contributed by atoms with Gasteiger partial charge in [-0.25, -0.2) is 0 Å². The minimum Gasteiger partial charge on any atom is -0.496 e. The fraction of sp³-hybridized carbons (Fsp3) is 0.333. The number of amides is 1. The number of thiocarbonyl (C=S) groups is 1. The number of carbonyl (C=O) groups excluding carboxylic acids is 1. The molecule has 0 spiro atoms. The number of hydrogen-bond donors (Lipinski definition) is 2. The van der Waals surface area contributed by atoms with Gasteiger partial charge in [-0.3, -0.25) is 20.2 Å². The molecule has 0 saturated heterocycles. The maximum absolute atomic E-state index is 12.4. The minimum atomic E-state index is -0.559. The number of rotatable bonds is 10. The molecule has 0 radical (unpaired) electrons. The first kappa shape index (κ1) is 23.1. The van der Waals surface area contributed by atoms with Gasteiger partial charge >= 0.3 is 0 Å². The average molecular weight is 432 g/mol. The van der Waals surface area contributed by atoms with Crippen LogP contribution in [0.1, 0.15) is 43.0 Å². The molecule has 0 bridgehead atoms. The van der Waals surface area contributed by atoms with Crippen molar-refractivity contribution in [2.45, 2.75) is 32.6 Å². The Kier molecular flexibility index (Phi) is 9.02. The van der Waals surface area contributed by atoms with E-state index in [0.29, 0.717) is 23.7 Å². The first-order valence-electron chi connectivity index (χ1n) is 9.62. The molecule has 0 atom stereocenters. The topological polar surface area (TPSA) is 103 Å². The summed E-state index contributed by atoms with van der Waals surface area (Å²) in [5.74, 6) is 0.602. The molecule has 8 nitrogen and oxygen atoms in total. The van der Waals surface area contributed by atoms with Crippen LogP contribution in [0.15, 0.2) is 42.5 Å². The van der Waals surface area contributed by atoms with Gasteiger partial charge < -0.3 is 14.8 Å². The van der Waals surface area contributed by atoms with Crippen LogP contribution in [0.25, 0.3) is 0 Å². The highest BCUT2D eigenvalue weighted by molar-refractivity contribution is 7.80. The summed E-state index contributed by atoms with van der Waals surface area (Å²) in [5, 5.41) is 16.4. The van der Waals surface area contributed by atoms with Crippen LogP contribution in [0, 0.1) is 10.1 Å². The van der Waals surface area contributed by atoms with Crippen LogP contribution in [-0.2, 0) is 0 Å².